The van der Waals surface area contributed by atoms with E-state index in [1.807, 2.05) is 49.4 Å². The van der Waals surface area contributed by atoms with Crippen molar-refractivity contribution in [3.63, 3.8) is 0 Å². The highest BCUT2D eigenvalue weighted by molar-refractivity contribution is 5.77. The van der Waals surface area contributed by atoms with Crippen molar-refractivity contribution in [2.75, 3.05) is 20.3 Å². The molecule has 1 atom stereocenters. The van der Waals surface area contributed by atoms with E-state index in [0.717, 1.165) is 17.7 Å². The Morgan fingerprint density at radius 2 is 1.78 bits per heavy atom. The minimum Gasteiger partial charge on any atom is -0.483 e. The summed E-state index contributed by atoms with van der Waals surface area (Å²) >= 11 is 0. The van der Waals surface area contributed by atoms with Gasteiger partial charge in [-0.05, 0) is 24.1 Å². The van der Waals surface area contributed by atoms with Crippen molar-refractivity contribution in [3.05, 3.63) is 65.7 Å². The lowest BCUT2D eigenvalue weighted by Crippen LogP contribution is -2.38. The van der Waals surface area contributed by atoms with Gasteiger partial charge in [0, 0.05) is 19.6 Å². The number of hydrogen-bond donors (Lipinski definition) is 1. The van der Waals surface area contributed by atoms with Crippen LogP contribution in [0.2, 0.25) is 0 Å². The minimum atomic E-state index is -0.149. The fourth-order valence-corrected chi connectivity index (χ4v) is 2.36. The zero-order valence-corrected chi connectivity index (χ0v) is 13.6. The van der Waals surface area contributed by atoms with Crippen molar-refractivity contribution in [3.8, 4) is 5.75 Å². The van der Waals surface area contributed by atoms with E-state index in [2.05, 4.69) is 17.4 Å². The van der Waals surface area contributed by atoms with Crippen LogP contribution in [0.5, 0.6) is 5.75 Å². The summed E-state index contributed by atoms with van der Waals surface area (Å²) in [6.45, 7) is 2.38. The molecule has 0 heterocycles. The molecule has 1 amide bonds. The average Bonchev–Trinajstić information content (AvgIpc) is 2.55. The van der Waals surface area contributed by atoms with Crippen LogP contribution in [0.15, 0.2) is 54.6 Å². The number of carbonyl (C=O) groups excluding carboxylic acids is 1. The molecule has 0 fully saturated rings. The summed E-state index contributed by atoms with van der Waals surface area (Å²) in [4.78, 5) is 11.9. The SMILES string of the molecule is COC[C@@H](C)NC(=O)COc1ccccc1Cc1ccccc1. The van der Waals surface area contributed by atoms with Crippen LogP contribution in [-0.4, -0.2) is 32.3 Å². The van der Waals surface area contributed by atoms with Gasteiger partial charge in [0.1, 0.15) is 5.75 Å². The van der Waals surface area contributed by atoms with E-state index in [-0.39, 0.29) is 18.6 Å². The van der Waals surface area contributed by atoms with Gasteiger partial charge in [-0.25, -0.2) is 0 Å². The Bertz CT molecular complexity index is 613. The molecule has 0 radical (unpaired) electrons. The van der Waals surface area contributed by atoms with Crippen LogP contribution < -0.4 is 10.1 Å². The van der Waals surface area contributed by atoms with Crippen LogP contribution in [0, 0.1) is 0 Å². The van der Waals surface area contributed by atoms with Gasteiger partial charge in [0.15, 0.2) is 6.61 Å². The molecule has 23 heavy (non-hydrogen) atoms. The smallest absolute Gasteiger partial charge is 0.258 e. The number of benzene rings is 2. The first-order chi connectivity index (χ1) is 11.2. The number of methoxy groups -OCH3 is 1. The van der Waals surface area contributed by atoms with Crippen molar-refractivity contribution in [1.29, 1.82) is 0 Å². The fourth-order valence-electron chi connectivity index (χ4n) is 2.36. The number of nitrogens with one attached hydrogen (secondary N) is 1. The summed E-state index contributed by atoms with van der Waals surface area (Å²) in [6, 6.07) is 18.0. The molecular weight excluding hydrogens is 290 g/mol. The van der Waals surface area contributed by atoms with Gasteiger partial charge >= 0.3 is 0 Å². The van der Waals surface area contributed by atoms with Crippen molar-refractivity contribution in [1.82, 2.24) is 5.32 Å². The minimum absolute atomic E-state index is 0.000142. The molecule has 0 unspecified atom stereocenters. The van der Waals surface area contributed by atoms with E-state index in [4.69, 9.17) is 9.47 Å². The molecule has 4 nitrogen and oxygen atoms in total. The molecule has 2 aromatic carbocycles. The number of para-hydroxylation sites is 1. The topological polar surface area (TPSA) is 47.6 Å². The van der Waals surface area contributed by atoms with Gasteiger partial charge in [-0.3, -0.25) is 4.79 Å². The van der Waals surface area contributed by atoms with Crippen LogP contribution in [0.3, 0.4) is 0 Å². The molecule has 0 bridgehead atoms. The molecule has 2 aromatic rings. The summed E-state index contributed by atoms with van der Waals surface area (Å²) in [5.41, 5.74) is 2.28. The van der Waals surface area contributed by atoms with Gasteiger partial charge in [0.05, 0.1) is 6.61 Å². The lowest BCUT2D eigenvalue weighted by Gasteiger charge is -2.14. The quantitative estimate of drug-likeness (QED) is 0.815. The molecule has 122 valence electrons. The first-order valence-electron chi connectivity index (χ1n) is 7.72. The van der Waals surface area contributed by atoms with Crippen molar-refractivity contribution in [2.45, 2.75) is 19.4 Å². The van der Waals surface area contributed by atoms with Gasteiger partial charge in [0.25, 0.3) is 5.91 Å². The van der Waals surface area contributed by atoms with E-state index in [0.29, 0.717) is 6.61 Å². The van der Waals surface area contributed by atoms with Gasteiger partial charge in [-0.2, -0.15) is 0 Å². The Balaban J connectivity index is 1.94. The van der Waals surface area contributed by atoms with Crippen molar-refractivity contribution >= 4 is 5.91 Å². The summed E-state index contributed by atoms with van der Waals surface area (Å²) < 4.78 is 10.7. The second-order valence-corrected chi connectivity index (χ2v) is 5.48. The van der Waals surface area contributed by atoms with Gasteiger partial charge in [-0.1, -0.05) is 48.5 Å². The van der Waals surface area contributed by atoms with Gasteiger partial charge < -0.3 is 14.8 Å². The molecule has 4 heteroatoms. The van der Waals surface area contributed by atoms with Crippen LogP contribution in [0.25, 0.3) is 0 Å². The maximum atomic E-state index is 11.9. The van der Waals surface area contributed by atoms with E-state index in [9.17, 15) is 4.79 Å². The maximum absolute atomic E-state index is 11.9. The van der Waals surface area contributed by atoms with E-state index >= 15 is 0 Å². The highest BCUT2D eigenvalue weighted by Crippen LogP contribution is 2.21. The molecule has 0 aliphatic heterocycles. The summed E-state index contributed by atoms with van der Waals surface area (Å²) in [5, 5.41) is 2.83. The van der Waals surface area contributed by atoms with Crippen molar-refractivity contribution < 1.29 is 14.3 Å². The number of ether oxygens (including phenoxy) is 2. The number of amides is 1. The second kappa shape index (κ2) is 8.96. The largest absolute Gasteiger partial charge is 0.483 e. The first kappa shape index (κ1) is 17.0. The third-order valence-electron chi connectivity index (χ3n) is 3.39. The highest BCUT2D eigenvalue weighted by atomic mass is 16.5. The molecule has 1 N–H and O–H groups in total. The zero-order valence-electron chi connectivity index (χ0n) is 13.6. The lowest BCUT2D eigenvalue weighted by atomic mass is 10.0. The van der Waals surface area contributed by atoms with Crippen LogP contribution in [0.4, 0.5) is 0 Å². The summed E-state index contributed by atoms with van der Waals surface area (Å²) in [6.07, 6.45) is 0.776. The normalized spacial score (nSPS) is 11.7. The Kier molecular flexibility index (Phi) is 6.63. The van der Waals surface area contributed by atoms with Gasteiger partial charge in [-0.15, -0.1) is 0 Å². The Morgan fingerprint density at radius 1 is 1.09 bits per heavy atom. The van der Waals surface area contributed by atoms with E-state index < -0.39 is 0 Å². The molecule has 0 spiro atoms. The molecule has 0 aliphatic rings. The molecule has 0 saturated heterocycles. The van der Waals surface area contributed by atoms with E-state index in [1.54, 1.807) is 7.11 Å². The first-order valence-corrected chi connectivity index (χ1v) is 7.72. The molecule has 0 aliphatic carbocycles. The third kappa shape index (κ3) is 5.75. The predicted octanol–water partition coefficient (Wildman–Crippen LogP) is 2.81. The molecule has 0 saturated carbocycles. The second-order valence-electron chi connectivity index (χ2n) is 5.48. The molecular formula is C19H23NO3. The molecule has 2 rings (SSSR count). The standard InChI is InChI=1S/C19H23NO3/c1-15(13-22-2)20-19(21)14-23-18-11-7-6-10-17(18)12-16-8-4-3-5-9-16/h3-11,15H,12-14H2,1-2H3,(H,20,21)/t15-/m1/s1. The van der Waals surface area contributed by atoms with E-state index in [1.165, 1.54) is 5.56 Å². The summed E-state index contributed by atoms with van der Waals surface area (Å²) in [5.74, 6) is 0.593. The summed E-state index contributed by atoms with van der Waals surface area (Å²) in [7, 11) is 1.61. The Hall–Kier alpha value is -2.33. The van der Waals surface area contributed by atoms with Gasteiger partial charge in [0.2, 0.25) is 0 Å². The van der Waals surface area contributed by atoms with Crippen LogP contribution in [0.1, 0.15) is 18.1 Å². The third-order valence-corrected chi connectivity index (χ3v) is 3.39. The average molecular weight is 313 g/mol. The number of hydrogen-bond acceptors (Lipinski definition) is 3. The predicted molar refractivity (Wildman–Crippen MR) is 90.7 cm³/mol. The van der Waals surface area contributed by atoms with Crippen LogP contribution >= 0.6 is 0 Å². The monoisotopic (exact) mass is 313 g/mol. The van der Waals surface area contributed by atoms with Crippen LogP contribution in [-0.2, 0) is 16.0 Å². The van der Waals surface area contributed by atoms with Crippen molar-refractivity contribution in [2.24, 2.45) is 0 Å². The lowest BCUT2D eigenvalue weighted by molar-refractivity contribution is -0.124. The number of rotatable bonds is 8. The Morgan fingerprint density at radius 3 is 2.52 bits per heavy atom. The number of carbonyl (C=O) groups is 1. The molecule has 0 aromatic heterocycles. The maximum Gasteiger partial charge on any atom is 0.258 e. The zero-order chi connectivity index (χ0) is 16.5. The Labute approximate surface area is 137 Å². The highest BCUT2D eigenvalue weighted by Gasteiger charge is 2.10. The fraction of sp³-hybridized carbons (Fsp3) is 0.316.